The van der Waals surface area contributed by atoms with Crippen molar-refractivity contribution in [1.29, 1.82) is 0 Å². The van der Waals surface area contributed by atoms with E-state index >= 15 is 0 Å². The molecule has 8 nitrogen and oxygen atoms in total. The van der Waals surface area contributed by atoms with Gasteiger partial charge >= 0.3 is 0 Å². The maximum Gasteiger partial charge on any atom is 0.276 e. The lowest BCUT2D eigenvalue weighted by atomic mass is 10.1. The molecule has 1 aromatic carbocycles. The monoisotopic (exact) mass is 289 g/mol. The zero-order valence-electron chi connectivity index (χ0n) is 11.9. The predicted octanol–water partition coefficient (Wildman–Crippen LogP) is 2.39. The Labute approximate surface area is 121 Å². The van der Waals surface area contributed by atoms with Crippen molar-refractivity contribution < 1.29 is 9.66 Å². The molecular formula is C13H15N5O3. The maximum atomic E-state index is 11.0. The topological polar surface area (TPSA) is 116 Å². The third-order valence-corrected chi connectivity index (χ3v) is 2.87. The van der Waals surface area contributed by atoms with E-state index in [9.17, 15) is 10.1 Å². The number of nitrogens with one attached hydrogen (secondary N) is 1. The van der Waals surface area contributed by atoms with Crippen LogP contribution in [0.3, 0.4) is 0 Å². The van der Waals surface area contributed by atoms with Gasteiger partial charge in [-0.1, -0.05) is 0 Å². The number of ether oxygens (including phenoxy) is 1. The number of benzene rings is 1. The number of hydrogen-bond acceptors (Lipinski definition) is 7. The van der Waals surface area contributed by atoms with Crippen molar-refractivity contribution in [2.24, 2.45) is 5.84 Å². The molecule has 2 rings (SSSR count). The molecule has 0 aliphatic rings. The molecule has 0 unspecified atom stereocenters. The minimum absolute atomic E-state index is 0.00134. The second-order valence-corrected chi connectivity index (χ2v) is 4.55. The number of nitrogens with two attached hydrogens (primary N) is 1. The van der Waals surface area contributed by atoms with Gasteiger partial charge in [-0.05, 0) is 32.4 Å². The average molecular weight is 289 g/mol. The van der Waals surface area contributed by atoms with Crippen LogP contribution in [0.4, 0.5) is 11.5 Å². The van der Waals surface area contributed by atoms with Crippen LogP contribution in [0.25, 0.3) is 0 Å². The van der Waals surface area contributed by atoms with Gasteiger partial charge in [-0.2, -0.15) is 4.98 Å². The first-order chi connectivity index (χ1) is 9.90. The van der Waals surface area contributed by atoms with Crippen LogP contribution in [-0.2, 0) is 0 Å². The van der Waals surface area contributed by atoms with Crippen molar-refractivity contribution in [3.05, 3.63) is 45.3 Å². The van der Waals surface area contributed by atoms with Crippen LogP contribution in [-0.4, -0.2) is 14.9 Å². The molecular weight excluding hydrogens is 274 g/mol. The zero-order valence-corrected chi connectivity index (χ0v) is 11.9. The molecule has 0 atom stereocenters. The summed E-state index contributed by atoms with van der Waals surface area (Å²) < 4.78 is 5.63. The Morgan fingerprint density at radius 1 is 1.19 bits per heavy atom. The van der Waals surface area contributed by atoms with Gasteiger partial charge in [0.1, 0.15) is 17.4 Å². The fourth-order valence-electron chi connectivity index (χ4n) is 1.91. The van der Waals surface area contributed by atoms with E-state index in [4.69, 9.17) is 10.6 Å². The van der Waals surface area contributed by atoms with Crippen LogP contribution in [0.2, 0.25) is 0 Å². The highest BCUT2D eigenvalue weighted by molar-refractivity contribution is 5.51. The molecule has 0 saturated heterocycles. The number of anilines is 1. The normalized spacial score (nSPS) is 10.3. The molecule has 1 aromatic heterocycles. The molecule has 1 heterocycles. The fourth-order valence-corrected chi connectivity index (χ4v) is 1.91. The minimum atomic E-state index is -0.445. The Kier molecular flexibility index (Phi) is 3.99. The van der Waals surface area contributed by atoms with Gasteiger partial charge in [-0.15, -0.1) is 0 Å². The quantitative estimate of drug-likeness (QED) is 0.504. The number of aromatic nitrogens is 2. The van der Waals surface area contributed by atoms with Crippen LogP contribution in [0.15, 0.2) is 18.2 Å². The van der Waals surface area contributed by atoms with E-state index in [0.717, 1.165) is 5.56 Å². The smallest absolute Gasteiger partial charge is 0.276 e. The number of nitrogen functional groups attached to an aromatic ring is 1. The standard InChI is InChI=1S/C13H15N5O3/c1-7-4-8(2)11(5-10(7)18(19)20)21-13-6-12(17-14)15-9(3)16-13/h4-6H,14H2,1-3H3,(H,15,16,17). The van der Waals surface area contributed by atoms with E-state index in [1.165, 1.54) is 12.1 Å². The summed E-state index contributed by atoms with van der Waals surface area (Å²) in [7, 11) is 0. The SMILES string of the molecule is Cc1nc(NN)cc(Oc2cc([N+](=O)[O-])c(C)cc2C)n1. The Morgan fingerprint density at radius 3 is 2.52 bits per heavy atom. The van der Waals surface area contributed by atoms with Crippen molar-refractivity contribution in [1.82, 2.24) is 9.97 Å². The molecule has 0 aliphatic heterocycles. The fraction of sp³-hybridized carbons (Fsp3) is 0.231. The first-order valence-corrected chi connectivity index (χ1v) is 6.16. The van der Waals surface area contributed by atoms with E-state index < -0.39 is 4.92 Å². The van der Waals surface area contributed by atoms with E-state index in [2.05, 4.69) is 15.4 Å². The number of nitro groups is 1. The van der Waals surface area contributed by atoms with Crippen molar-refractivity contribution in [2.45, 2.75) is 20.8 Å². The van der Waals surface area contributed by atoms with Crippen LogP contribution in [0, 0.1) is 30.9 Å². The third kappa shape index (κ3) is 3.23. The van der Waals surface area contributed by atoms with Crippen molar-refractivity contribution in [2.75, 3.05) is 5.43 Å². The summed E-state index contributed by atoms with van der Waals surface area (Å²) in [6.45, 7) is 5.18. The lowest BCUT2D eigenvalue weighted by Crippen LogP contribution is -2.10. The number of aryl methyl sites for hydroxylation is 3. The van der Waals surface area contributed by atoms with E-state index in [1.54, 1.807) is 19.9 Å². The molecule has 0 amide bonds. The lowest BCUT2D eigenvalue weighted by molar-refractivity contribution is -0.385. The van der Waals surface area contributed by atoms with Crippen LogP contribution in [0.1, 0.15) is 17.0 Å². The number of nitrogens with zero attached hydrogens (tertiary/aromatic N) is 3. The van der Waals surface area contributed by atoms with Crippen LogP contribution < -0.4 is 16.0 Å². The van der Waals surface area contributed by atoms with Crippen LogP contribution in [0.5, 0.6) is 11.6 Å². The van der Waals surface area contributed by atoms with Crippen molar-refractivity contribution in [3.8, 4) is 11.6 Å². The molecule has 0 bridgehead atoms. The Morgan fingerprint density at radius 2 is 1.90 bits per heavy atom. The van der Waals surface area contributed by atoms with Crippen LogP contribution >= 0.6 is 0 Å². The largest absolute Gasteiger partial charge is 0.438 e. The van der Waals surface area contributed by atoms with Crippen molar-refractivity contribution >= 4 is 11.5 Å². The summed E-state index contributed by atoms with van der Waals surface area (Å²) >= 11 is 0. The highest BCUT2D eigenvalue weighted by atomic mass is 16.6. The summed E-state index contributed by atoms with van der Waals surface area (Å²) in [6, 6.07) is 4.60. The van der Waals surface area contributed by atoms with Gasteiger partial charge in [0.15, 0.2) is 0 Å². The summed E-state index contributed by atoms with van der Waals surface area (Å²) in [4.78, 5) is 18.7. The molecule has 110 valence electrons. The number of hydrazine groups is 1. The first-order valence-electron chi connectivity index (χ1n) is 6.16. The summed E-state index contributed by atoms with van der Waals surface area (Å²) in [6.07, 6.45) is 0. The van der Waals surface area contributed by atoms with Crippen molar-refractivity contribution in [3.63, 3.8) is 0 Å². The molecule has 0 radical (unpaired) electrons. The van der Waals surface area contributed by atoms with Gasteiger partial charge in [0.2, 0.25) is 5.88 Å². The maximum absolute atomic E-state index is 11.0. The van der Waals surface area contributed by atoms with Gasteiger partial charge in [0.05, 0.1) is 11.0 Å². The highest BCUT2D eigenvalue weighted by Gasteiger charge is 2.15. The van der Waals surface area contributed by atoms with E-state index in [1.807, 2.05) is 6.92 Å². The second kappa shape index (κ2) is 5.71. The molecule has 3 N–H and O–H groups in total. The second-order valence-electron chi connectivity index (χ2n) is 4.55. The molecule has 2 aromatic rings. The highest BCUT2D eigenvalue weighted by Crippen LogP contribution is 2.31. The first kappa shape index (κ1) is 14.7. The van der Waals surface area contributed by atoms with Gasteiger partial charge in [0, 0.05) is 11.6 Å². The average Bonchev–Trinajstić information content (AvgIpc) is 2.40. The number of hydrogen-bond donors (Lipinski definition) is 2. The molecule has 21 heavy (non-hydrogen) atoms. The Balaban J connectivity index is 2.41. The molecule has 0 spiro atoms. The molecule has 0 fully saturated rings. The summed E-state index contributed by atoms with van der Waals surface area (Å²) in [5, 5.41) is 11.0. The zero-order chi connectivity index (χ0) is 15.6. The third-order valence-electron chi connectivity index (χ3n) is 2.87. The minimum Gasteiger partial charge on any atom is -0.438 e. The predicted molar refractivity (Wildman–Crippen MR) is 77.2 cm³/mol. The molecule has 0 aliphatic carbocycles. The van der Waals surface area contributed by atoms with E-state index in [-0.39, 0.29) is 11.6 Å². The van der Waals surface area contributed by atoms with E-state index in [0.29, 0.717) is 23.0 Å². The van der Waals surface area contributed by atoms with Gasteiger partial charge in [0.25, 0.3) is 5.69 Å². The van der Waals surface area contributed by atoms with Gasteiger partial charge in [-0.25, -0.2) is 10.8 Å². The number of rotatable bonds is 4. The summed E-state index contributed by atoms with van der Waals surface area (Å²) in [5.74, 6) is 6.81. The Bertz CT molecular complexity index is 702. The number of nitro benzene ring substituents is 1. The van der Waals surface area contributed by atoms with Gasteiger partial charge < -0.3 is 10.2 Å². The Hall–Kier alpha value is -2.74. The molecule has 8 heteroatoms. The molecule has 0 saturated carbocycles. The lowest BCUT2D eigenvalue weighted by Gasteiger charge is -2.10. The van der Waals surface area contributed by atoms with Gasteiger partial charge in [-0.3, -0.25) is 10.1 Å². The summed E-state index contributed by atoms with van der Waals surface area (Å²) in [5.41, 5.74) is 3.76.